The summed E-state index contributed by atoms with van der Waals surface area (Å²) in [4.78, 5) is 12.0. The summed E-state index contributed by atoms with van der Waals surface area (Å²) in [6, 6.07) is 7.11. The third-order valence-electron chi connectivity index (χ3n) is 3.63. The van der Waals surface area contributed by atoms with Crippen LogP contribution in [0.3, 0.4) is 0 Å². The van der Waals surface area contributed by atoms with Gasteiger partial charge in [-0.15, -0.1) is 10.2 Å². The molecule has 7 nitrogen and oxygen atoms in total. The molecule has 1 heterocycles. The van der Waals surface area contributed by atoms with Crippen molar-refractivity contribution in [3.8, 4) is 10.6 Å². The van der Waals surface area contributed by atoms with Crippen molar-refractivity contribution in [1.82, 2.24) is 14.9 Å². The highest BCUT2D eigenvalue weighted by Gasteiger charge is 2.23. The Morgan fingerprint density at radius 2 is 1.86 bits per heavy atom. The first kappa shape index (κ1) is 21.2. The minimum absolute atomic E-state index is 0.0553. The first-order valence-electron chi connectivity index (χ1n) is 8.10. The summed E-state index contributed by atoms with van der Waals surface area (Å²) in [5.74, 6) is -2.33. The van der Waals surface area contributed by atoms with E-state index in [2.05, 4.69) is 20.2 Å². The van der Waals surface area contributed by atoms with Crippen LogP contribution in [0.5, 0.6) is 0 Å². The molecule has 0 fully saturated rings. The van der Waals surface area contributed by atoms with Gasteiger partial charge in [0.05, 0.1) is 10.6 Å². The highest BCUT2D eigenvalue weighted by atomic mass is 35.5. The fourth-order valence-corrected chi connectivity index (χ4v) is 4.65. The van der Waals surface area contributed by atoms with E-state index in [0.717, 1.165) is 23.5 Å². The highest BCUT2D eigenvalue weighted by molar-refractivity contribution is 7.89. The van der Waals surface area contributed by atoms with E-state index < -0.39 is 38.0 Å². The smallest absolute Gasteiger partial charge is 0.260 e. The van der Waals surface area contributed by atoms with Crippen LogP contribution >= 0.6 is 22.9 Å². The molecule has 0 spiro atoms. The number of hydrogen-bond donors (Lipinski definition) is 2. The molecule has 3 aromatic rings. The number of carbonyl (C=O) groups excluding carboxylic acids is 1. The van der Waals surface area contributed by atoms with Crippen molar-refractivity contribution in [2.75, 3.05) is 11.9 Å². The van der Waals surface area contributed by atoms with Gasteiger partial charge < -0.3 is 0 Å². The Morgan fingerprint density at radius 3 is 2.52 bits per heavy atom. The zero-order chi connectivity index (χ0) is 21.2. The van der Waals surface area contributed by atoms with Crippen LogP contribution < -0.4 is 10.0 Å². The number of hydrogen-bond acceptors (Lipinski definition) is 6. The van der Waals surface area contributed by atoms with Crippen LogP contribution in [-0.2, 0) is 10.0 Å². The highest BCUT2D eigenvalue weighted by Crippen LogP contribution is 2.28. The van der Waals surface area contributed by atoms with Gasteiger partial charge in [-0.05, 0) is 36.4 Å². The van der Waals surface area contributed by atoms with Crippen molar-refractivity contribution in [2.24, 2.45) is 0 Å². The summed E-state index contributed by atoms with van der Waals surface area (Å²) in [7, 11) is -4.01. The lowest BCUT2D eigenvalue weighted by atomic mass is 10.2. The van der Waals surface area contributed by atoms with Crippen LogP contribution in [0.4, 0.5) is 13.9 Å². The maximum absolute atomic E-state index is 14.2. The molecule has 29 heavy (non-hydrogen) atoms. The van der Waals surface area contributed by atoms with Gasteiger partial charge in [0.25, 0.3) is 5.91 Å². The number of amides is 1. The van der Waals surface area contributed by atoms with Crippen LogP contribution in [0.2, 0.25) is 5.02 Å². The summed E-state index contributed by atoms with van der Waals surface area (Å²) in [6.45, 7) is 1.66. The summed E-state index contributed by atoms with van der Waals surface area (Å²) >= 11 is 6.82. The Bertz CT molecular complexity index is 1170. The molecule has 0 radical (unpaired) electrons. The van der Waals surface area contributed by atoms with Crippen molar-refractivity contribution in [1.29, 1.82) is 0 Å². The molecule has 3 rings (SSSR count). The predicted octanol–water partition coefficient (Wildman–Crippen LogP) is 3.69. The Labute approximate surface area is 173 Å². The zero-order valence-electron chi connectivity index (χ0n) is 14.7. The van der Waals surface area contributed by atoms with Crippen molar-refractivity contribution >= 4 is 44.0 Å². The topological polar surface area (TPSA) is 101 Å². The van der Waals surface area contributed by atoms with Gasteiger partial charge >= 0.3 is 0 Å². The van der Waals surface area contributed by atoms with Gasteiger partial charge in [-0.25, -0.2) is 21.9 Å². The van der Waals surface area contributed by atoms with Crippen LogP contribution in [-0.4, -0.2) is 31.1 Å². The number of anilines is 1. The Balaban J connectivity index is 1.87. The van der Waals surface area contributed by atoms with Gasteiger partial charge in [-0.3, -0.25) is 10.1 Å². The number of benzene rings is 2. The second-order valence-electron chi connectivity index (χ2n) is 5.64. The van der Waals surface area contributed by atoms with E-state index >= 15 is 0 Å². The summed E-state index contributed by atoms with van der Waals surface area (Å²) in [5, 5.41) is 10.2. The molecule has 152 valence electrons. The molecule has 12 heteroatoms. The van der Waals surface area contributed by atoms with E-state index in [1.54, 1.807) is 6.92 Å². The molecule has 0 aliphatic heterocycles. The van der Waals surface area contributed by atoms with Crippen molar-refractivity contribution in [3.63, 3.8) is 0 Å². The lowest BCUT2D eigenvalue weighted by molar-refractivity contribution is 0.102. The maximum atomic E-state index is 14.2. The molecule has 0 saturated carbocycles. The number of nitrogens with one attached hydrogen (secondary N) is 2. The van der Waals surface area contributed by atoms with Gasteiger partial charge in [-0.1, -0.05) is 29.9 Å². The van der Waals surface area contributed by atoms with Gasteiger partial charge in [0.2, 0.25) is 15.2 Å². The third-order valence-corrected chi connectivity index (χ3v) is 6.52. The SMILES string of the molecule is CCNS(=O)(=O)c1cc(C(=O)Nc2nnc(-c3ccc(F)cc3)s2)c(F)cc1Cl. The lowest BCUT2D eigenvalue weighted by Gasteiger charge is -2.10. The normalized spacial score (nSPS) is 11.4. The third kappa shape index (κ3) is 4.75. The molecule has 2 N–H and O–H groups in total. The van der Waals surface area contributed by atoms with E-state index in [0.29, 0.717) is 10.6 Å². The van der Waals surface area contributed by atoms with Gasteiger partial charge in [0.1, 0.15) is 21.5 Å². The van der Waals surface area contributed by atoms with Crippen LogP contribution in [0.15, 0.2) is 41.3 Å². The maximum Gasteiger partial charge on any atom is 0.260 e. The molecule has 0 bridgehead atoms. The quantitative estimate of drug-likeness (QED) is 0.586. The molecule has 1 amide bonds. The summed E-state index contributed by atoms with van der Waals surface area (Å²) in [6.07, 6.45) is 0. The molecular formula is C17H13ClF2N4O3S2. The van der Waals surface area contributed by atoms with Crippen molar-refractivity contribution in [3.05, 3.63) is 58.6 Å². The molecular weight excluding hydrogens is 446 g/mol. The van der Waals surface area contributed by atoms with E-state index in [-0.39, 0.29) is 16.7 Å². The lowest BCUT2D eigenvalue weighted by Crippen LogP contribution is -2.24. The predicted molar refractivity (Wildman–Crippen MR) is 106 cm³/mol. The van der Waals surface area contributed by atoms with E-state index in [4.69, 9.17) is 11.6 Å². The van der Waals surface area contributed by atoms with Crippen LogP contribution in [0.25, 0.3) is 10.6 Å². The first-order valence-corrected chi connectivity index (χ1v) is 10.8. The molecule has 2 aromatic carbocycles. The van der Waals surface area contributed by atoms with Crippen molar-refractivity contribution < 1.29 is 22.0 Å². The van der Waals surface area contributed by atoms with E-state index in [9.17, 15) is 22.0 Å². The largest absolute Gasteiger partial charge is 0.296 e. The number of carbonyl (C=O) groups is 1. The number of halogens is 3. The number of nitrogens with zero attached hydrogens (tertiary/aromatic N) is 2. The fourth-order valence-electron chi connectivity index (χ4n) is 2.32. The zero-order valence-corrected chi connectivity index (χ0v) is 17.1. The molecule has 0 saturated heterocycles. The van der Waals surface area contributed by atoms with Gasteiger partial charge in [-0.2, -0.15) is 0 Å². The van der Waals surface area contributed by atoms with Crippen LogP contribution in [0, 0.1) is 11.6 Å². The Kier molecular flexibility index (Phi) is 6.22. The second-order valence-corrected chi connectivity index (χ2v) is 8.76. The summed E-state index contributed by atoms with van der Waals surface area (Å²) < 4.78 is 53.8. The Morgan fingerprint density at radius 1 is 1.17 bits per heavy atom. The molecule has 0 aliphatic rings. The van der Waals surface area contributed by atoms with E-state index in [1.807, 2.05) is 0 Å². The second kappa shape index (κ2) is 8.49. The van der Waals surface area contributed by atoms with Crippen molar-refractivity contribution in [2.45, 2.75) is 11.8 Å². The minimum Gasteiger partial charge on any atom is -0.296 e. The number of sulfonamides is 1. The minimum atomic E-state index is -4.01. The summed E-state index contributed by atoms with van der Waals surface area (Å²) in [5.41, 5.74) is 0.0607. The molecule has 0 aliphatic carbocycles. The number of rotatable bonds is 6. The Hall–Kier alpha value is -2.47. The standard InChI is InChI=1S/C17H13ClF2N4O3S2/c1-2-21-29(26,27)14-7-11(13(20)8-12(14)18)15(25)22-17-24-23-16(28-17)9-3-5-10(19)6-4-9/h3-8,21H,2H2,1H3,(H,22,24,25). The van der Waals surface area contributed by atoms with E-state index in [1.165, 1.54) is 24.3 Å². The number of aromatic nitrogens is 2. The van der Waals surface area contributed by atoms with Gasteiger partial charge in [0, 0.05) is 12.1 Å². The molecule has 0 atom stereocenters. The molecule has 0 unspecified atom stereocenters. The average Bonchev–Trinajstić information content (AvgIpc) is 3.10. The average molecular weight is 459 g/mol. The molecule has 1 aromatic heterocycles. The first-order chi connectivity index (χ1) is 13.7. The monoisotopic (exact) mass is 458 g/mol. The van der Waals surface area contributed by atoms with Gasteiger partial charge in [0.15, 0.2) is 0 Å². The van der Waals surface area contributed by atoms with Crippen LogP contribution in [0.1, 0.15) is 17.3 Å². The fraction of sp³-hybridized carbons (Fsp3) is 0.118.